The van der Waals surface area contributed by atoms with Crippen molar-refractivity contribution in [1.82, 2.24) is 0 Å². The van der Waals surface area contributed by atoms with Gasteiger partial charge in [-0.05, 0) is 38.3 Å². The van der Waals surface area contributed by atoms with E-state index in [1.165, 1.54) is 70.6 Å². The first-order valence-corrected chi connectivity index (χ1v) is 9.25. The molecule has 0 atom stereocenters. The minimum Gasteiger partial charge on any atom is -0.652 e. The van der Waals surface area contributed by atoms with Gasteiger partial charge in [0.25, 0.3) is 0 Å². The largest absolute Gasteiger partial charge is 2.00 e. The van der Waals surface area contributed by atoms with Crippen molar-refractivity contribution in [1.29, 1.82) is 0 Å². The molecule has 0 aliphatic rings. The molecule has 0 bridgehead atoms. The fourth-order valence-corrected chi connectivity index (χ4v) is 2.35. The molecule has 0 heterocycles. The van der Waals surface area contributed by atoms with Crippen LogP contribution in [-0.2, 0) is 4.79 Å². The van der Waals surface area contributed by atoms with Crippen LogP contribution < -0.4 is 10.2 Å². The van der Waals surface area contributed by atoms with Crippen molar-refractivity contribution >= 4 is 49.9 Å². The van der Waals surface area contributed by atoms with Crippen molar-refractivity contribution in [3.05, 3.63) is 12.2 Å². The van der Waals surface area contributed by atoms with Gasteiger partial charge in [-0.15, -0.1) is 0 Å². The number of carbonyl (C=O) groups is 2. The molecule has 0 unspecified atom stereocenters. The van der Waals surface area contributed by atoms with Gasteiger partial charge in [0, 0.05) is 6.42 Å². The molecular formula is C19H34CaO5. The number of carboxylic acids is 1. The van der Waals surface area contributed by atoms with Gasteiger partial charge in [0.1, 0.15) is 0 Å². The molecule has 0 saturated heterocycles. The number of hydrogen-bond donors (Lipinski definition) is 1. The van der Waals surface area contributed by atoms with Gasteiger partial charge in [-0.2, -0.15) is 0 Å². The van der Waals surface area contributed by atoms with Crippen LogP contribution >= 0.6 is 0 Å². The normalized spacial score (nSPS) is 9.96. The Bertz CT molecular complexity index is 315. The molecule has 0 aromatic heterocycles. The van der Waals surface area contributed by atoms with Crippen molar-refractivity contribution in [2.45, 2.75) is 96.8 Å². The molecule has 0 aliphatic carbocycles. The molecule has 25 heavy (non-hydrogen) atoms. The van der Waals surface area contributed by atoms with Gasteiger partial charge in [-0.3, -0.25) is 4.79 Å². The molecule has 0 amide bonds. The summed E-state index contributed by atoms with van der Waals surface area (Å²) in [6, 6.07) is 0. The van der Waals surface area contributed by atoms with Crippen LogP contribution in [-0.4, -0.2) is 55.0 Å². The summed E-state index contributed by atoms with van der Waals surface area (Å²) in [5.74, 6) is -0.664. The fraction of sp³-hybridized carbons (Fsp3) is 0.789. The summed E-state index contributed by atoms with van der Waals surface area (Å²) >= 11 is 0. The molecule has 0 radical (unpaired) electrons. The standard InChI is InChI=1S/C18H34O2.CH2O3.Ca/c1-2-3-4-5-6-7-8-9-10-11-12-13-14-15-16-17-18(19)20;2-1(3)4;/h9-10H,2-8,11-17H2,1H3,(H,19,20);(H2,2,3,4);/q;;+2/p-2. The van der Waals surface area contributed by atoms with E-state index in [1.807, 2.05) is 0 Å². The third kappa shape index (κ3) is 40.0. The fourth-order valence-electron chi connectivity index (χ4n) is 2.35. The van der Waals surface area contributed by atoms with E-state index in [-0.39, 0.29) is 37.7 Å². The topological polar surface area (TPSA) is 100 Å². The Balaban J connectivity index is -0.000000867. The third-order valence-electron chi connectivity index (χ3n) is 3.65. The Hall–Kier alpha value is -0.260. The van der Waals surface area contributed by atoms with Gasteiger partial charge < -0.3 is 20.1 Å². The van der Waals surface area contributed by atoms with Crippen LogP contribution in [0.2, 0.25) is 0 Å². The second-order valence-electron chi connectivity index (χ2n) is 5.98. The summed E-state index contributed by atoms with van der Waals surface area (Å²) in [5, 5.41) is 25.2. The van der Waals surface area contributed by atoms with E-state index in [4.69, 9.17) is 20.1 Å². The summed E-state index contributed by atoms with van der Waals surface area (Å²) in [7, 11) is 0. The van der Waals surface area contributed by atoms with Gasteiger partial charge >= 0.3 is 43.7 Å². The van der Waals surface area contributed by atoms with Crippen LogP contribution in [0, 0.1) is 0 Å². The first kappa shape index (κ1) is 29.5. The summed E-state index contributed by atoms with van der Waals surface area (Å²) in [6.45, 7) is 2.26. The molecule has 0 aliphatic heterocycles. The van der Waals surface area contributed by atoms with Gasteiger partial charge in [0.05, 0.1) is 0 Å². The molecule has 6 heteroatoms. The minimum absolute atomic E-state index is 0. The Morgan fingerprint density at radius 1 is 0.760 bits per heavy atom. The monoisotopic (exact) mass is 382 g/mol. The van der Waals surface area contributed by atoms with E-state index in [2.05, 4.69) is 19.1 Å². The Morgan fingerprint density at radius 3 is 1.52 bits per heavy atom. The second kappa shape index (κ2) is 26.0. The molecule has 0 saturated carbocycles. The van der Waals surface area contributed by atoms with Crippen LogP contribution in [0.5, 0.6) is 0 Å². The number of carbonyl (C=O) groups excluding carboxylic acids is 1. The van der Waals surface area contributed by atoms with Crippen LogP contribution in [0.1, 0.15) is 96.8 Å². The molecular weight excluding hydrogens is 348 g/mol. The van der Waals surface area contributed by atoms with Gasteiger partial charge in [-0.25, -0.2) is 0 Å². The zero-order valence-electron chi connectivity index (χ0n) is 15.8. The minimum atomic E-state index is -2.33. The molecule has 0 aromatic rings. The van der Waals surface area contributed by atoms with Gasteiger partial charge in [0.15, 0.2) is 0 Å². The third-order valence-corrected chi connectivity index (χ3v) is 3.65. The zero-order chi connectivity index (χ0) is 18.5. The summed E-state index contributed by atoms with van der Waals surface area (Å²) in [6.07, 6.45) is 18.9. The SMILES string of the molecule is CCCCCCCCC=CCCCCCCCC(=O)O.O=C([O-])[O-].[Ca+2]. The number of allylic oxidation sites excluding steroid dienone is 2. The molecule has 1 N–H and O–H groups in total. The van der Waals surface area contributed by atoms with E-state index < -0.39 is 12.1 Å². The number of unbranched alkanes of at least 4 members (excludes halogenated alkanes) is 11. The van der Waals surface area contributed by atoms with Crippen molar-refractivity contribution in [2.75, 3.05) is 0 Å². The van der Waals surface area contributed by atoms with Gasteiger partial charge in [-0.1, -0.05) is 70.4 Å². The van der Waals surface area contributed by atoms with E-state index in [0.717, 1.165) is 12.8 Å². The average molecular weight is 383 g/mol. The van der Waals surface area contributed by atoms with Crippen molar-refractivity contribution in [3.8, 4) is 0 Å². The summed E-state index contributed by atoms with van der Waals surface area (Å²) in [4.78, 5) is 18.7. The number of aliphatic carboxylic acids is 1. The number of hydrogen-bond acceptors (Lipinski definition) is 4. The van der Waals surface area contributed by atoms with Crippen LogP contribution in [0.4, 0.5) is 4.79 Å². The predicted octanol–water partition coefficient (Wildman–Crippen LogP) is 3.28. The first-order valence-electron chi connectivity index (χ1n) is 9.25. The maximum absolute atomic E-state index is 10.3. The zero-order valence-corrected chi connectivity index (χ0v) is 18.0. The van der Waals surface area contributed by atoms with Crippen LogP contribution in [0.25, 0.3) is 0 Å². The maximum atomic E-state index is 10.3. The summed E-state index contributed by atoms with van der Waals surface area (Å²) < 4.78 is 0. The number of rotatable bonds is 15. The molecule has 5 nitrogen and oxygen atoms in total. The maximum Gasteiger partial charge on any atom is 2.00 e. The molecule has 142 valence electrons. The Morgan fingerprint density at radius 2 is 1.12 bits per heavy atom. The van der Waals surface area contributed by atoms with Crippen molar-refractivity contribution in [2.24, 2.45) is 0 Å². The van der Waals surface area contributed by atoms with E-state index in [9.17, 15) is 4.79 Å². The molecule has 0 spiro atoms. The van der Waals surface area contributed by atoms with Crippen LogP contribution in [0.15, 0.2) is 12.2 Å². The molecule has 0 aromatic carbocycles. The quantitative estimate of drug-likeness (QED) is 0.266. The van der Waals surface area contributed by atoms with E-state index in [0.29, 0.717) is 6.42 Å². The van der Waals surface area contributed by atoms with Crippen molar-refractivity contribution < 1.29 is 24.9 Å². The van der Waals surface area contributed by atoms with E-state index in [1.54, 1.807) is 0 Å². The van der Waals surface area contributed by atoms with E-state index >= 15 is 0 Å². The average Bonchev–Trinajstić information content (AvgIpc) is 2.50. The Kier molecular flexibility index (Phi) is 30.7. The molecule has 0 rings (SSSR count). The van der Waals surface area contributed by atoms with Crippen LogP contribution in [0.3, 0.4) is 0 Å². The van der Waals surface area contributed by atoms with Crippen molar-refractivity contribution in [3.63, 3.8) is 0 Å². The first-order chi connectivity index (χ1) is 11.5. The van der Waals surface area contributed by atoms with Gasteiger partial charge in [0.2, 0.25) is 0 Å². The molecule has 0 fully saturated rings. The smallest absolute Gasteiger partial charge is 0.652 e. The number of carboxylic acid groups (broad SMARTS) is 3. The Labute approximate surface area is 182 Å². The second-order valence-corrected chi connectivity index (χ2v) is 5.98. The predicted molar refractivity (Wildman–Crippen MR) is 98.2 cm³/mol. The summed E-state index contributed by atoms with van der Waals surface area (Å²) in [5.41, 5.74) is 0.